The highest BCUT2D eigenvalue weighted by atomic mass is 16.3. The predicted molar refractivity (Wildman–Crippen MR) is 36.1 cm³/mol. The summed E-state index contributed by atoms with van der Waals surface area (Å²) in [4.78, 5) is 9.78. The van der Waals surface area contributed by atoms with Crippen LogP contribution >= 0.6 is 0 Å². The van der Waals surface area contributed by atoms with Gasteiger partial charge in [-0.1, -0.05) is 11.6 Å². The van der Waals surface area contributed by atoms with E-state index in [0.717, 1.165) is 18.3 Å². The molecule has 0 fully saturated rings. The summed E-state index contributed by atoms with van der Waals surface area (Å²) < 4.78 is 0. The molecule has 0 heterocycles. The molecule has 0 rings (SSSR count). The molecule has 0 aliphatic carbocycles. The molecule has 0 saturated heterocycles. The van der Waals surface area contributed by atoms with Gasteiger partial charge in [-0.25, -0.2) is 0 Å². The molecule has 0 aromatic rings. The first kappa shape index (κ1) is 8.37. The van der Waals surface area contributed by atoms with Gasteiger partial charge in [0.25, 0.3) is 0 Å². The SMILES string of the molecule is C/C(=C/CCC=O)CO. The van der Waals surface area contributed by atoms with Crippen LogP contribution in [0.3, 0.4) is 0 Å². The van der Waals surface area contributed by atoms with E-state index in [9.17, 15) is 4.79 Å². The average Bonchev–Trinajstić information content (AvgIpc) is 1.89. The molecule has 0 amide bonds. The summed E-state index contributed by atoms with van der Waals surface area (Å²) in [6.07, 6.45) is 4.04. The molecule has 0 aliphatic heterocycles. The predicted octanol–water partition coefficient (Wildman–Crippen LogP) is 0.904. The summed E-state index contributed by atoms with van der Waals surface area (Å²) in [5.74, 6) is 0. The van der Waals surface area contributed by atoms with Crippen molar-refractivity contribution in [2.75, 3.05) is 6.61 Å². The molecule has 0 bridgehead atoms. The van der Waals surface area contributed by atoms with Crippen LogP contribution in [-0.4, -0.2) is 18.0 Å². The molecule has 0 spiro atoms. The van der Waals surface area contributed by atoms with Gasteiger partial charge < -0.3 is 9.90 Å². The maximum Gasteiger partial charge on any atom is 0.120 e. The summed E-state index contributed by atoms with van der Waals surface area (Å²) in [7, 11) is 0. The van der Waals surface area contributed by atoms with Crippen molar-refractivity contribution >= 4 is 6.29 Å². The van der Waals surface area contributed by atoms with Crippen molar-refractivity contribution in [1.29, 1.82) is 0 Å². The minimum Gasteiger partial charge on any atom is -0.392 e. The lowest BCUT2D eigenvalue weighted by Gasteiger charge is -1.90. The minimum absolute atomic E-state index is 0.0961. The monoisotopic (exact) mass is 128 g/mol. The van der Waals surface area contributed by atoms with Crippen molar-refractivity contribution in [3.8, 4) is 0 Å². The maximum absolute atomic E-state index is 9.78. The topological polar surface area (TPSA) is 37.3 Å². The quantitative estimate of drug-likeness (QED) is 0.347. The van der Waals surface area contributed by atoms with Gasteiger partial charge in [0.2, 0.25) is 0 Å². The number of hydrogen-bond acceptors (Lipinski definition) is 2. The largest absolute Gasteiger partial charge is 0.392 e. The van der Waals surface area contributed by atoms with E-state index in [1.165, 1.54) is 0 Å². The summed E-state index contributed by atoms with van der Waals surface area (Å²) in [5, 5.41) is 8.48. The van der Waals surface area contributed by atoms with Crippen LogP contribution in [-0.2, 0) is 4.79 Å². The number of aliphatic hydroxyl groups excluding tert-OH is 1. The van der Waals surface area contributed by atoms with Gasteiger partial charge in [-0.2, -0.15) is 0 Å². The standard InChI is InChI=1S/C7H12O2/c1-7(6-9)4-2-3-5-8/h4-5,9H,2-3,6H2,1H3/b7-4-. The Balaban J connectivity index is 3.31. The van der Waals surface area contributed by atoms with Crippen LogP contribution in [0.5, 0.6) is 0 Å². The first-order valence-corrected chi connectivity index (χ1v) is 3.01. The van der Waals surface area contributed by atoms with Crippen molar-refractivity contribution in [2.45, 2.75) is 19.8 Å². The molecule has 0 aliphatic rings. The Bertz CT molecular complexity index is 105. The van der Waals surface area contributed by atoms with Crippen LogP contribution in [0.4, 0.5) is 0 Å². The number of aliphatic hydroxyl groups is 1. The lowest BCUT2D eigenvalue weighted by Crippen LogP contribution is -1.83. The molecule has 0 unspecified atom stereocenters. The van der Waals surface area contributed by atoms with Crippen LogP contribution in [0, 0.1) is 0 Å². The normalized spacial score (nSPS) is 11.6. The molecule has 9 heavy (non-hydrogen) atoms. The summed E-state index contributed by atoms with van der Waals surface area (Å²) >= 11 is 0. The highest BCUT2D eigenvalue weighted by Gasteiger charge is 1.83. The van der Waals surface area contributed by atoms with Crippen LogP contribution in [0.1, 0.15) is 19.8 Å². The zero-order valence-electron chi connectivity index (χ0n) is 5.63. The van der Waals surface area contributed by atoms with Crippen molar-refractivity contribution in [3.63, 3.8) is 0 Å². The number of carbonyl (C=O) groups is 1. The molecule has 0 radical (unpaired) electrons. The van der Waals surface area contributed by atoms with E-state index in [1.807, 2.05) is 13.0 Å². The Morgan fingerprint density at radius 2 is 2.22 bits per heavy atom. The van der Waals surface area contributed by atoms with Crippen LogP contribution in [0.2, 0.25) is 0 Å². The highest BCUT2D eigenvalue weighted by molar-refractivity contribution is 5.49. The highest BCUT2D eigenvalue weighted by Crippen LogP contribution is 1.94. The molecule has 0 aromatic carbocycles. The minimum atomic E-state index is 0.0961. The van der Waals surface area contributed by atoms with Gasteiger partial charge in [-0.05, 0) is 13.3 Å². The second kappa shape index (κ2) is 5.51. The Morgan fingerprint density at radius 3 is 2.67 bits per heavy atom. The third kappa shape index (κ3) is 5.24. The number of allylic oxidation sites excluding steroid dienone is 1. The zero-order chi connectivity index (χ0) is 7.11. The van der Waals surface area contributed by atoms with Gasteiger partial charge >= 0.3 is 0 Å². The van der Waals surface area contributed by atoms with E-state index in [0.29, 0.717) is 6.42 Å². The Morgan fingerprint density at radius 1 is 1.56 bits per heavy atom. The fourth-order valence-electron chi connectivity index (χ4n) is 0.462. The van der Waals surface area contributed by atoms with Gasteiger partial charge in [0.1, 0.15) is 6.29 Å². The Labute approximate surface area is 55.2 Å². The first-order valence-electron chi connectivity index (χ1n) is 3.01. The zero-order valence-corrected chi connectivity index (χ0v) is 5.63. The number of unbranched alkanes of at least 4 members (excludes halogenated alkanes) is 1. The summed E-state index contributed by atoms with van der Waals surface area (Å²) in [6, 6.07) is 0. The Hall–Kier alpha value is -0.630. The van der Waals surface area contributed by atoms with Gasteiger partial charge in [-0.15, -0.1) is 0 Å². The summed E-state index contributed by atoms with van der Waals surface area (Å²) in [6.45, 7) is 1.93. The molecule has 0 aromatic heterocycles. The Kier molecular flexibility index (Phi) is 5.12. The second-order valence-corrected chi connectivity index (χ2v) is 1.95. The van der Waals surface area contributed by atoms with Gasteiger partial charge in [-0.3, -0.25) is 0 Å². The number of aldehydes is 1. The molecule has 0 atom stereocenters. The lowest BCUT2D eigenvalue weighted by atomic mass is 10.2. The number of hydrogen-bond donors (Lipinski definition) is 1. The lowest BCUT2D eigenvalue weighted by molar-refractivity contribution is -0.107. The molecular weight excluding hydrogens is 116 g/mol. The third-order valence-electron chi connectivity index (χ3n) is 1.03. The van der Waals surface area contributed by atoms with Crippen molar-refractivity contribution in [3.05, 3.63) is 11.6 Å². The van der Waals surface area contributed by atoms with E-state index in [2.05, 4.69) is 0 Å². The van der Waals surface area contributed by atoms with Crippen molar-refractivity contribution < 1.29 is 9.90 Å². The van der Waals surface area contributed by atoms with E-state index in [1.54, 1.807) is 0 Å². The van der Waals surface area contributed by atoms with Crippen molar-refractivity contribution in [1.82, 2.24) is 0 Å². The van der Waals surface area contributed by atoms with Crippen molar-refractivity contribution in [2.24, 2.45) is 0 Å². The fraction of sp³-hybridized carbons (Fsp3) is 0.571. The third-order valence-corrected chi connectivity index (χ3v) is 1.03. The average molecular weight is 128 g/mol. The van der Waals surface area contributed by atoms with E-state index < -0.39 is 0 Å². The van der Waals surface area contributed by atoms with E-state index in [4.69, 9.17) is 5.11 Å². The smallest absolute Gasteiger partial charge is 0.120 e. The molecule has 52 valence electrons. The molecule has 2 nitrogen and oxygen atoms in total. The summed E-state index contributed by atoms with van der Waals surface area (Å²) in [5.41, 5.74) is 0.928. The molecule has 0 saturated carbocycles. The van der Waals surface area contributed by atoms with Crippen LogP contribution in [0.25, 0.3) is 0 Å². The second-order valence-electron chi connectivity index (χ2n) is 1.95. The number of rotatable bonds is 4. The molecule has 2 heteroatoms. The van der Waals surface area contributed by atoms with E-state index in [-0.39, 0.29) is 6.61 Å². The molecule has 1 N–H and O–H groups in total. The fourth-order valence-corrected chi connectivity index (χ4v) is 0.462. The first-order chi connectivity index (χ1) is 4.31. The van der Waals surface area contributed by atoms with Gasteiger partial charge in [0.15, 0.2) is 0 Å². The number of carbonyl (C=O) groups excluding carboxylic acids is 1. The molecular formula is C7H12O2. The van der Waals surface area contributed by atoms with Gasteiger partial charge in [0.05, 0.1) is 6.61 Å². The van der Waals surface area contributed by atoms with Crippen LogP contribution in [0.15, 0.2) is 11.6 Å². The van der Waals surface area contributed by atoms with E-state index >= 15 is 0 Å². The maximum atomic E-state index is 9.78. The van der Waals surface area contributed by atoms with Crippen LogP contribution < -0.4 is 0 Å². The van der Waals surface area contributed by atoms with Gasteiger partial charge in [0, 0.05) is 6.42 Å².